The number of morpholine rings is 1. The van der Waals surface area contributed by atoms with Gasteiger partial charge in [-0.2, -0.15) is 0 Å². The number of thiophene rings is 1. The van der Waals surface area contributed by atoms with Crippen LogP contribution in [0.4, 0.5) is 0 Å². The summed E-state index contributed by atoms with van der Waals surface area (Å²) in [5.41, 5.74) is 0. The van der Waals surface area contributed by atoms with Gasteiger partial charge in [-0.3, -0.25) is 19.4 Å². The molecular weight excluding hydrogens is 402 g/mol. The molecule has 8 nitrogen and oxygen atoms in total. The standard InChI is InChI=1S/C21H35N5O3S/c1-3-24-8-10-26(11-9-24)19(18-5-4-16-30-18)17(2)23-21(28)20(27)22-6-7-25-12-14-29-15-13-25/h4-5,16-17,19H,3,6-15H2,1-2H3,(H,22,27)(H,23,28). The predicted molar refractivity (Wildman–Crippen MR) is 119 cm³/mol. The van der Waals surface area contributed by atoms with E-state index >= 15 is 0 Å². The molecule has 3 heterocycles. The van der Waals surface area contributed by atoms with Crippen molar-refractivity contribution < 1.29 is 14.3 Å². The third-order valence-electron chi connectivity index (χ3n) is 5.94. The largest absolute Gasteiger partial charge is 0.379 e. The van der Waals surface area contributed by atoms with Crippen LogP contribution in [-0.4, -0.2) is 105 Å². The molecule has 0 saturated carbocycles. The first-order valence-electron chi connectivity index (χ1n) is 11.0. The molecule has 0 spiro atoms. The summed E-state index contributed by atoms with van der Waals surface area (Å²) in [7, 11) is 0. The number of piperazine rings is 1. The maximum Gasteiger partial charge on any atom is 0.309 e. The number of amides is 2. The number of hydrogen-bond acceptors (Lipinski definition) is 7. The molecule has 0 aliphatic carbocycles. The third kappa shape index (κ3) is 6.49. The average molecular weight is 438 g/mol. The van der Waals surface area contributed by atoms with Crippen molar-refractivity contribution in [1.82, 2.24) is 25.3 Å². The second-order valence-electron chi connectivity index (χ2n) is 7.90. The van der Waals surface area contributed by atoms with Gasteiger partial charge in [0, 0.05) is 63.3 Å². The minimum atomic E-state index is -0.559. The lowest BCUT2D eigenvalue weighted by Gasteiger charge is -2.41. The quantitative estimate of drug-likeness (QED) is 0.573. The van der Waals surface area contributed by atoms with Crippen LogP contribution in [-0.2, 0) is 14.3 Å². The molecule has 2 aliphatic rings. The van der Waals surface area contributed by atoms with Crippen molar-refractivity contribution in [3.05, 3.63) is 22.4 Å². The molecule has 0 bridgehead atoms. The minimum absolute atomic E-state index is 0.0779. The summed E-state index contributed by atoms with van der Waals surface area (Å²) in [6.07, 6.45) is 0. The van der Waals surface area contributed by atoms with E-state index in [0.29, 0.717) is 6.54 Å². The molecule has 3 rings (SSSR count). The van der Waals surface area contributed by atoms with Crippen molar-refractivity contribution in [2.24, 2.45) is 0 Å². The first-order valence-corrected chi connectivity index (χ1v) is 11.8. The Bertz CT molecular complexity index is 658. The molecule has 9 heteroatoms. The minimum Gasteiger partial charge on any atom is -0.379 e. The van der Waals surface area contributed by atoms with E-state index < -0.39 is 11.8 Å². The van der Waals surface area contributed by atoms with Crippen LogP contribution >= 0.6 is 11.3 Å². The summed E-state index contributed by atoms with van der Waals surface area (Å²) in [5, 5.41) is 7.76. The molecule has 2 aliphatic heterocycles. The van der Waals surface area contributed by atoms with Crippen molar-refractivity contribution in [2.75, 3.05) is 72.1 Å². The number of rotatable bonds is 8. The van der Waals surface area contributed by atoms with Crippen LogP contribution in [0.15, 0.2) is 17.5 Å². The Morgan fingerprint density at radius 3 is 2.47 bits per heavy atom. The van der Waals surface area contributed by atoms with E-state index in [1.54, 1.807) is 11.3 Å². The monoisotopic (exact) mass is 437 g/mol. The second kappa shape index (κ2) is 11.8. The van der Waals surface area contributed by atoms with Gasteiger partial charge in [-0.25, -0.2) is 0 Å². The molecule has 168 valence electrons. The van der Waals surface area contributed by atoms with E-state index in [0.717, 1.165) is 65.6 Å². The molecule has 2 unspecified atom stereocenters. The van der Waals surface area contributed by atoms with E-state index in [4.69, 9.17) is 4.74 Å². The molecule has 2 saturated heterocycles. The van der Waals surface area contributed by atoms with E-state index in [2.05, 4.69) is 43.7 Å². The smallest absolute Gasteiger partial charge is 0.309 e. The van der Waals surface area contributed by atoms with E-state index in [1.807, 2.05) is 13.0 Å². The lowest BCUT2D eigenvalue weighted by molar-refractivity contribution is -0.139. The number of hydrogen-bond donors (Lipinski definition) is 2. The molecule has 0 aromatic carbocycles. The van der Waals surface area contributed by atoms with E-state index in [1.165, 1.54) is 4.88 Å². The summed E-state index contributed by atoms with van der Waals surface area (Å²) in [5.74, 6) is -1.12. The van der Waals surface area contributed by atoms with Crippen LogP contribution in [0.2, 0.25) is 0 Å². The molecule has 0 radical (unpaired) electrons. The maximum absolute atomic E-state index is 12.5. The fourth-order valence-electron chi connectivity index (χ4n) is 4.14. The Morgan fingerprint density at radius 2 is 1.83 bits per heavy atom. The number of nitrogens with zero attached hydrogens (tertiary/aromatic N) is 3. The van der Waals surface area contributed by atoms with Gasteiger partial charge in [0.2, 0.25) is 0 Å². The van der Waals surface area contributed by atoms with Crippen LogP contribution in [0, 0.1) is 0 Å². The van der Waals surface area contributed by atoms with Crippen molar-refractivity contribution in [2.45, 2.75) is 25.9 Å². The Hall–Kier alpha value is -1.52. The van der Waals surface area contributed by atoms with Gasteiger partial charge in [0.05, 0.1) is 19.3 Å². The highest BCUT2D eigenvalue weighted by molar-refractivity contribution is 7.10. The first-order chi connectivity index (χ1) is 14.6. The predicted octanol–water partition coefficient (Wildman–Crippen LogP) is 0.380. The fraction of sp³-hybridized carbons (Fsp3) is 0.714. The highest BCUT2D eigenvalue weighted by atomic mass is 32.1. The van der Waals surface area contributed by atoms with Crippen LogP contribution < -0.4 is 10.6 Å². The summed E-state index contributed by atoms with van der Waals surface area (Å²) in [6.45, 7) is 13.6. The van der Waals surface area contributed by atoms with Crippen molar-refractivity contribution in [1.29, 1.82) is 0 Å². The highest BCUT2D eigenvalue weighted by Crippen LogP contribution is 2.29. The van der Waals surface area contributed by atoms with Gasteiger partial charge >= 0.3 is 11.8 Å². The topological polar surface area (TPSA) is 77.1 Å². The zero-order valence-corrected chi connectivity index (χ0v) is 19.0. The lowest BCUT2D eigenvalue weighted by Crippen LogP contribution is -2.53. The summed E-state index contributed by atoms with van der Waals surface area (Å²) in [4.78, 5) is 33.1. The van der Waals surface area contributed by atoms with Crippen LogP contribution in [0.1, 0.15) is 24.8 Å². The van der Waals surface area contributed by atoms with Crippen molar-refractivity contribution in [3.63, 3.8) is 0 Å². The van der Waals surface area contributed by atoms with Gasteiger partial charge in [-0.1, -0.05) is 13.0 Å². The van der Waals surface area contributed by atoms with Gasteiger partial charge in [0.1, 0.15) is 0 Å². The van der Waals surface area contributed by atoms with Gasteiger partial charge in [0.25, 0.3) is 0 Å². The Morgan fingerprint density at radius 1 is 1.10 bits per heavy atom. The number of nitrogens with one attached hydrogen (secondary N) is 2. The zero-order valence-electron chi connectivity index (χ0n) is 18.1. The van der Waals surface area contributed by atoms with Crippen molar-refractivity contribution in [3.8, 4) is 0 Å². The van der Waals surface area contributed by atoms with Crippen molar-refractivity contribution >= 4 is 23.2 Å². The van der Waals surface area contributed by atoms with Crippen LogP contribution in [0.3, 0.4) is 0 Å². The normalized spacial score (nSPS) is 21.1. The van der Waals surface area contributed by atoms with Crippen LogP contribution in [0.5, 0.6) is 0 Å². The summed E-state index contributed by atoms with van der Waals surface area (Å²) >= 11 is 1.70. The summed E-state index contributed by atoms with van der Waals surface area (Å²) in [6, 6.07) is 4.08. The SMILES string of the molecule is CCN1CCN(C(c2cccs2)C(C)NC(=O)C(=O)NCCN2CCOCC2)CC1. The highest BCUT2D eigenvalue weighted by Gasteiger charge is 2.31. The Kier molecular flexibility index (Phi) is 9.07. The first kappa shape index (κ1) is 23.1. The van der Waals surface area contributed by atoms with Gasteiger partial charge in [0.15, 0.2) is 0 Å². The molecule has 2 atom stereocenters. The molecule has 30 heavy (non-hydrogen) atoms. The average Bonchev–Trinajstić information content (AvgIpc) is 3.29. The van der Waals surface area contributed by atoms with Gasteiger partial charge in [-0.15, -0.1) is 11.3 Å². The number of carbonyl (C=O) groups is 2. The third-order valence-corrected chi connectivity index (χ3v) is 6.88. The van der Waals surface area contributed by atoms with Crippen LogP contribution in [0.25, 0.3) is 0 Å². The molecule has 2 amide bonds. The molecule has 2 N–H and O–H groups in total. The lowest BCUT2D eigenvalue weighted by atomic mass is 10.0. The fourth-order valence-corrected chi connectivity index (χ4v) is 5.11. The molecule has 1 aromatic heterocycles. The Balaban J connectivity index is 1.50. The van der Waals surface area contributed by atoms with Gasteiger partial charge < -0.3 is 20.3 Å². The molecule has 2 fully saturated rings. The zero-order chi connectivity index (χ0) is 21.3. The van der Waals surface area contributed by atoms with E-state index in [9.17, 15) is 9.59 Å². The number of ether oxygens (including phenoxy) is 1. The number of likely N-dealkylation sites (N-methyl/N-ethyl adjacent to an activating group) is 1. The maximum atomic E-state index is 12.5. The Labute approximate surface area is 183 Å². The summed E-state index contributed by atoms with van der Waals surface area (Å²) < 4.78 is 5.33. The number of carbonyl (C=O) groups excluding carboxylic acids is 2. The second-order valence-corrected chi connectivity index (χ2v) is 8.88. The molecular formula is C21H35N5O3S. The van der Waals surface area contributed by atoms with E-state index in [-0.39, 0.29) is 12.1 Å². The molecule has 1 aromatic rings. The van der Waals surface area contributed by atoms with Gasteiger partial charge in [-0.05, 0) is 24.9 Å².